The Hall–Kier alpha value is -2.03. The lowest BCUT2D eigenvalue weighted by Gasteiger charge is -2.12. The van der Waals surface area contributed by atoms with E-state index in [2.05, 4.69) is 4.72 Å². The molecule has 0 saturated heterocycles. The summed E-state index contributed by atoms with van der Waals surface area (Å²) in [6, 6.07) is 9.29. The van der Waals surface area contributed by atoms with E-state index >= 15 is 0 Å². The van der Waals surface area contributed by atoms with Crippen LogP contribution in [0.1, 0.15) is 19.9 Å². The fraction of sp³-hybridized carbons (Fsp3) is 0.235. The number of anilines is 1. The van der Waals surface area contributed by atoms with E-state index in [1.54, 1.807) is 22.8 Å². The molecule has 0 atom stereocenters. The van der Waals surface area contributed by atoms with Crippen LogP contribution in [0, 0.1) is 0 Å². The van der Waals surface area contributed by atoms with Gasteiger partial charge in [0.15, 0.2) is 0 Å². The number of ether oxygens (including phenoxy) is 1. The first-order valence-electron chi connectivity index (χ1n) is 7.74. The zero-order valence-electron chi connectivity index (χ0n) is 14.3. The van der Waals surface area contributed by atoms with E-state index in [1.807, 2.05) is 13.8 Å². The number of nitrogens with one attached hydrogen (secondary N) is 1. The largest absolute Gasteiger partial charge is 0.495 e. The fourth-order valence-corrected chi connectivity index (χ4v) is 5.02. The first-order chi connectivity index (χ1) is 12.2. The minimum atomic E-state index is -3.87. The highest BCUT2D eigenvalue weighted by atomic mass is 35.5. The van der Waals surface area contributed by atoms with Gasteiger partial charge in [0.25, 0.3) is 10.0 Å². The van der Waals surface area contributed by atoms with E-state index in [1.165, 1.54) is 25.3 Å². The van der Waals surface area contributed by atoms with Gasteiger partial charge in [0, 0.05) is 11.1 Å². The number of aromatic nitrogens is 1. The second kappa shape index (κ2) is 6.94. The highest BCUT2D eigenvalue weighted by Gasteiger charge is 2.19. The Kier molecular flexibility index (Phi) is 5.01. The second-order valence-corrected chi connectivity index (χ2v) is 9.02. The van der Waals surface area contributed by atoms with Gasteiger partial charge < -0.3 is 4.74 Å². The van der Waals surface area contributed by atoms with Gasteiger partial charge in [-0.2, -0.15) is 0 Å². The lowest BCUT2D eigenvalue weighted by atomic mass is 10.3. The molecule has 2 aromatic carbocycles. The summed E-state index contributed by atoms with van der Waals surface area (Å²) in [4.78, 5) is 12.1. The Balaban J connectivity index is 2.05. The molecule has 0 saturated carbocycles. The molecule has 0 radical (unpaired) electrons. The van der Waals surface area contributed by atoms with E-state index in [0.29, 0.717) is 21.0 Å². The molecule has 138 valence electrons. The van der Waals surface area contributed by atoms with Crippen LogP contribution in [0.15, 0.2) is 46.1 Å². The number of nitrogens with zero attached hydrogens (tertiary/aromatic N) is 1. The minimum absolute atomic E-state index is 0.00689. The number of sulfonamides is 1. The molecule has 3 aromatic rings. The average molecular weight is 413 g/mol. The van der Waals surface area contributed by atoms with Crippen molar-refractivity contribution in [2.24, 2.45) is 0 Å². The maximum atomic E-state index is 12.8. The number of halogens is 1. The van der Waals surface area contributed by atoms with Crippen LogP contribution in [0.25, 0.3) is 10.2 Å². The van der Waals surface area contributed by atoms with E-state index in [0.717, 1.165) is 11.3 Å². The number of fused-ring (bicyclic) bond motifs is 1. The van der Waals surface area contributed by atoms with Gasteiger partial charge in [-0.05, 0) is 50.2 Å². The predicted octanol–water partition coefficient (Wildman–Crippen LogP) is 4.11. The molecule has 6 nitrogen and oxygen atoms in total. The molecule has 3 rings (SSSR count). The molecule has 0 unspecified atom stereocenters. The van der Waals surface area contributed by atoms with Gasteiger partial charge in [0.1, 0.15) is 5.75 Å². The number of rotatable bonds is 5. The molecule has 0 aliphatic rings. The van der Waals surface area contributed by atoms with Crippen molar-refractivity contribution in [1.82, 2.24) is 4.57 Å². The van der Waals surface area contributed by atoms with Crippen molar-refractivity contribution >= 4 is 48.9 Å². The molecular weight excluding hydrogens is 396 g/mol. The summed E-state index contributed by atoms with van der Waals surface area (Å²) in [6.07, 6.45) is 0. The van der Waals surface area contributed by atoms with E-state index in [-0.39, 0.29) is 21.5 Å². The Morgan fingerprint density at radius 3 is 2.58 bits per heavy atom. The lowest BCUT2D eigenvalue weighted by Crippen LogP contribution is -2.15. The molecule has 0 fully saturated rings. The zero-order valence-corrected chi connectivity index (χ0v) is 16.7. The van der Waals surface area contributed by atoms with Crippen molar-refractivity contribution in [3.63, 3.8) is 0 Å². The number of benzene rings is 2. The number of thiazole rings is 1. The summed E-state index contributed by atoms with van der Waals surface area (Å²) < 4.78 is 35.4. The molecule has 0 aliphatic heterocycles. The van der Waals surface area contributed by atoms with Gasteiger partial charge in [-0.15, -0.1) is 0 Å². The van der Waals surface area contributed by atoms with Crippen molar-refractivity contribution in [3.8, 4) is 5.75 Å². The van der Waals surface area contributed by atoms with Crippen LogP contribution < -0.4 is 14.3 Å². The number of methoxy groups -OCH3 is 1. The van der Waals surface area contributed by atoms with Crippen LogP contribution in [0.5, 0.6) is 5.75 Å². The molecule has 26 heavy (non-hydrogen) atoms. The van der Waals surface area contributed by atoms with Crippen LogP contribution in [0.2, 0.25) is 5.02 Å². The molecule has 1 heterocycles. The molecule has 0 spiro atoms. The standard InChI is InChI=1S/C17H17ClN2O4S2/c1-10(2)20-14-6-5-12(9-16(14)25-17(20)21)26(22,23)19-13-8-11(18)4-7-15(13)24-3/h4-10,19H,1-3H3. The van der Waals surface area contributed by atoms with Crippen LogP contribution in [0.3, 0.4) is 0 Å². The molecule has 9 heteroatoms. The Bertz CT molecular complexity index is 1130. The smallest absolute Gasteiger partial charge is 0.308 e. The molecular formula is C17H17ClN2O4S2. The van der Waals surface area contributed by atoms with Crippen molar-refractivity contribution in [2.75, 3.05) is 11.8 Å². The van der Waals surface area contributed by atoms with Crippen LogP contribution in [-0.2, 0) is 10.0 Å². The molecule has 0 amide bonds. The van der Waals surface area contributed by atoms with Crippen LogP contribution in [0.4, 0.5) is 5.69 Å². The van der Waals surface area contributed by atoms with Gasteiger partial charge >= 0.3 is 4.87 Å². The maximum absolute atomic E-state index is 12.8. The third-order valence-electron chi connectivity index (χ3n) is 3.82. The first kappa shape index (κ1) is 18.8. The summed E-state index contributed by atoms with van der Waals surface area (Å²) >= 11 is 6.97. The Labute approximate surface area is 160 Å². The topological polar surface area (TPSA) is 77.4 Å². The van der Waals surface area contributed by atoms with Crippen molar-refractivity contribution in [1.29, 1.82) is 0 Å². The van der Waals surface area contributed by atoms with E-state index in [9.17, 15) is 13.2 Å². The average Bonchev–Trinajstić information content (AvgIpc) is 2.89. The molecule has 0 bridgehead atoms. The zero-order chi connectivity index (χ0) is 19.1. The van der Waals surface area contributed by atoms with Crippen LogP contribution in [-0.4, -0.2) is 20.1 Å². The number of hydrogen-bond donors (Lipinski definition) is 1. The highest BCUT2D eigenvalue weighted by Crippen LogP contribution is 2.31. The third-order valence-corrected chi connectivity index (χ3v) is 6.33. The fourth-order valence-electron chi connectivity index (χ4n) is 2.64. The third kappa shape index (κ3) is 3.44. The summed E-state index contributed by atoms with van der Waals surface area (Å²) in [7, 11) is -2.43. The first-order valence-corrected chi connectivity index (χ1v) is 10.4. The maximum Gasteiger partial charge on any atom is 0.308 e. The SMILES string of the molecule is COc1ccc(Cl)cc1NS(=O)(=O)c1ccc2c(c1)sc(=O)n2C(C)C. The lowest BCUT2D eigenvalue weighted by molar-refractivity contribution is 0.417. The quantitative estimate of drug-likeness (QED) is 0.684. The summed E-state index contributed by atoms with van der Waals surface area (Å²) in [5, 5.41) is 0.381. The molecule has 1 aromatic heterocycles. The van der Waals surface area contributed by atoms with E-state index < -0.39 is 10.0 Å². The van der Waals surface area contributed by atoms with Gasteiger partial charge in [-0.25, -0.2) is 8.42 Å². The number of hydrogen-bond acceptors (Lipinski definition) is 5. The Morgan fingerprint density at radius 2 is 1.92 bits per heavy atom. The summed E-state index contributed by atoms with van der Waals surface area (Å²) in [6.45, 7) is 3.82. The van der Waals surface area contributed by atoms with Crippen molar-refractivity contribution < 1.29 is 13.2 Å². The summed E-state index contributed by atoms with van der Waals surface area (Å²) in [5.41, 5.74) is 0.960. The summed E-state index contributed by atoms with van der Waals surface area (Å²) in [5.74, 6) is 0.356. The van der Waals surface area contributed by atoms with Gasteiger partial charge in [0.2, 0.25) is 0 Å². The van der Waals surface area contributed by atoms with Crippen molar-refractivity contribution in [2.45, 2.75) is 24.8 Å². The molecule has 1 N–H and O–H groups in total. The predicted molar refractivity (Wildman–Crippen MR) is 105 cm³/mol. The van der Waals surface area contributed by atoms with E-state index in [4.69, 9.17) is 16.3 Å². The van der Waals surface area contributed by atoms with Gasteiger partial charge in [-0.1, -0.05) is 22.9 Å². The van der Waals surface area contributed by atoms with Crippen molar-refractivity contribution in [3.05, 3.63) is 51.1 Å². The monoisotopic (exact) mass is 412 g/mol. The minimum Gasteiger partial charge on any atom is -0.495 e. The molecule has 0 aliphatic carbocycles. The second-order valence-electron chi connectivity index (χ2n) is 5.91. The normalized spacial score (nSPS) is 11.9. The highest BCUT2D eigenvalue weighted by molar-refractivity contribution is 7.92. The van der Waals surface area contributed by atoms with Gasteiger partial charge in [0.05, 0.1) is 27.9 Å². The Morgan fingerprint density at radius 1 is 1.19 bits per heavy atom. The van der Waals surface area contributed by atoms with Crippen LogP contribution >= 0.6 is 22.9 Å². The van der Waals surface area contributed by atoms with Gasteiger partial charge in [-0.3, -0.25) is 14.1 Å².